The van der Waals surface area contributed by atoms with Gasteiger partial charge in [-0.05, 0) is 31.7 Å². The van der Waals surface area contributed by atoms with Crippen LogP contribution in [-0.2, 0) is 11.3 Å². The quantitative estimate of drug-likeness (QED) is 0.805. The lowest BCUT2D eigenvalue weighted by molar-refractivity contribution is -0.921. The summed E-state index contributed by atoms with van der Waals surface area (Å²) in [5.74, 6) is 2.72. The number of likely N-dealkylation sites (tertiary alicyclic amines) is 2. The van der Waals surface area contributed by atoms with Gasteiger partial charge >= 0.3 is 0 Å². The number of hydrogen-bond acceptors (Lipinski definition) is 4. The van der Waals surface area contributed by atoms with Gasteiger partial charge in [0.15, 0.2) is 11.5 Å². The fourth-order valence-electron chi connectivity index (χ4n) is 4.57. The van der Waals surface area contributed by atoms with E-state index in [0.29, 0.717) is 17.4 Å². The number of hydrogen-bond donors (Lipinski definition) is 1. The van der Waals surface area contributed by atoms with E-state index in [2.05, 4.69) is 4.90 Å². The fraction of sp³-hybridized carbons (Fsp3) is 0.682. The third-order valence-electron chi connectivity index (χ3n) is 6.11. The van der Waals surface area contributed by atoms with Gasteiger partial charge in [-0.2, -0.15) is 0 Å². The number of methoxy groups -OCH3 is 3. The summed E-state index contributed by atoms with van der Waals surface area (Å²) in [6.07, 6.45) is 6.92. The Morgan fingerprint density at radius 1 is 0.964 bits per heavy atom. The number of piperidine rings is 1. The lowest BCUT2D eigenvalue weighted by Gasteiger charge is -2.32. The standard InChI is InChI=1S/C22H34N2O4/c1-26-19-14-21(28-3)20(27-2)13-18(19)16-23-10-8-9-17(15-23)22(25)24-11-6-4-5-7-12-24/h13-14,17H,4-12,15-16H2,1-3H3/p+1/t17-/m0/s1. The van der Waals surface area contributed by atoms with E-state index in [0.717, 1.165) is 69.7 Å². The third kappa shape index (κ3) is 4.90. The van der Waals surface area contributed by atoms with E-state index in [1.807, 2.05) is 12.1 Å². The highest BCUT2D eigenvalue weighted by Crippen LogP contribution is 2.34. The van der Waals surface area contributed by atoms with Crippen LogP contribution in [0.5, 0.6) is 17.2 Å². The van der Waals surface area contributed by atoms with Crippen LogP contribution < -0.4 is 19.1 Å². The molecule has 3 rings (SSSR count). The summed E-state index contributed by atoms with van der Waals surface area (Å²) < 4.78 is 16.4. The second-order valence-electron chi connectivity index (χ2n) is 7.98. The Bertz CT molecular complexity index is 656. The maximum atomic E-state index is 13.1. The SMILES string of the molecule is COc1cc(OC)c(OC)cc1C[NH+]1CCC[C@H](C(=O)N2CCCCCC2)C1. The number of benzene rings is 1. The Balaban J connectivity index is 1.68. The van der Waals surface area contributed by atoms with Gasteiger partial charge < -0.3 is 24.0 Å². The molecule has 1 amide bonds. The summed E-state index contributed by atoms with van der Waals surface area (Å²) in [7, 11) is 4.96. The van der Waals surface area contributed by atoms with E-state index >= 15 is 0 Å². The maximum Gasteiger partial charge on any atom is 0.231 e. The molecule has 6 heteroatoms. The highest BCUT2D eigenvalue weighted by atomic mass is 16.5. The number of nitrogens with one attached hydrogen (secondary N) is 1. The smallest absolute Gasteiger partial charge is 0.231 e. The molecule has 1 N–H and O–H groups in total. The third-order valence-corrected chi connectivity index (χ3v) is 6.11. The summed E-state index contributed by atoms with van der Waals surface area (Å²) in [5, 5.41) is 0. The zero-order valence-corrected chi connectivity index (χ0v) is 17.6. The molecule has 1 aromatic rings. The van der Waals surface area contributed by atoms with Gasteiger partial charge in [0.05, 0.1) is 45.9 Å². The summed E-state index contributed by atoms with van der Waals surface area (Å²) in [4.78, 5) is 16.6. The molecule has 0 radical (unpaired) electrons. The van der Waals surface area contributed by atoms with Gasteiger partial charge in [-0.1, -0.05) is 12.8 Å². The topological polar surface area (TPSA) is 52.4 Å². The van der Waals surface area contributed by atoms with E-state index < -0.39 is 0 Å². The second kappa shape index (κ2) is 10.0. The van der Waals surface area contributed by atoms with Gasteiger partial charge in [-0.15, -0.1) is 0 Å². The predicted molar refractivity (Wildman–Crippen MR) is 108 cm³/mol. The molecule has 6 nitrogen and oxygen atoms in total. The first-order valence-electron chi connectivity index (χ1n) is 10.6. The molecule has 2 aliphatic heterocycles. The highest BCUT2D eigenvalue weighted by molar-refractivity contribution is 5.79. The Morgan fingerprint density at radius 2 is 1.61 bits per heavy atom. The number of nitrogens with zero attached hydrogens (tertiary/aromatic N) is 1. The van der Waals surface area contributed by atoms with E-state index in [1.165, 1.54) is 17.7 Å². The van der Waals surface area contributed by atoms with Crippen molar-refractivity contribution in [1.82, 2.24) is 4.90 Å². The van der Waals surface area contributed by atoms with Crippen LogP contribution in [0.1, 0.15) is 44.1 Å². The van der Waals surface area contributed by atoms with Crippen LogP contribution in [0.3, 0.4) is 0 Å². The van der Waals surface area contributed by atoms with Crippen molar-refractivity contribution in [3.8, 4) is 17.2 Å². The number of carbonyl (C=O) groups is 1. The van der Waals surface area contributed by atoms with Crippen LogP contribution in [0.2, 0.25) is 0 Å². The monoisotopic (exact) mass is 391 g/mol. The lowest BCUT2D eigenvalue weighted by Crippen LogP contribution is -3.12. The molecular formula is C22H35N2O4+. The number of quaternary nitrogens is 1. The van der Waals surface area contributed by atoms with Crippen LogP contribution in [0.25, 0.3) is 0 Å². The van der Waals surface area contributed by atoms with Gasteiger partial charge in [0.25, 0.3) is 0 Å². The molecule has 1 unspecified atom stereocenters. The van der Waals surface area contributed by atoms with Crippen LogP contribution in [0.4, 0.5) is 0 Å². The van der Waals surface area contributed by atoms with Crippen LogP contribution >= 0.6 is 0 Å². The number of ether oxygens (including phenoxy) is 3. The number of rotatable bonds is 6. The molecule has 28 heavy (non-hydrogen) atoms. The van der Waals surface area contributed by atoms with Gasteiger partial charge in [0.1, 0.15) is 12.3 Å². The summed E-state index contributed by atoms with van der Waals surface area (Å²) in [6, 6.07) is 3.89. The van der Waals surface area contributed by atoms with E-state index in [1.54, 1.807) is 21.3 Å². The molecule has 2 aliphatic rings. The van der Waals surface area contributed by atoms with Crippen molar-refractivity contribution < 1.29 is 23.9 Å². The molecule has 2 atom stereocenters. The first kappa shape index (κ1) is 20.8. The van der Waals surface area contributed by atoms with E-state index in [4.69, 9.17) is 14.2 Å². The zero-order chi connectivity index (χ0) is 19.9. The largest absolute Gasteiger partial charge is 0.496 e. The van der Waals surface area contributed by atoms with Crippen LogP contribution in [-0.4, -0.2) is 58.3 Å². The molecule has 2 saturated heterocycles. The second-order valence-corrected chi connectivity index (χ2v) is 7.98. The molecule has 0 saturated carbocycles. The molecule has 0 spiro atoms. The molecule has 0 bridgehead atoms. The predicted octanol–water partition coefficient (Wildman–Crippen LogP) is 1.91. The van der Waals surface area contributed by atoms with Crippen molar-refractivity contribution in [2.45, 2.75) is 45.1 Å². The van der Waals surface area contributed by atoms with Crippen LogP contribution in [0.15, 0.2) is 12.1 Å². The number of amides is 1. The minimum absolute atomic E-state index is 0.146. The zero-order valence-electron chi connectivity index (χ0n) is 17.6. The molecule has 0 aromatic heterocycles. The number of carbonyl (C=O) groups excluding carboxylic acids is 1. The summed E-state index contributed by atoms with van der Waals surface area (Å²) >= 11 is 0. The van der Waals surface area contributed by atoms with E-state index in [-0.39, 0.29) is 5.92 Å². The minimum Gasteiger partial charge on any atom is -0.496 e. The van der Waals surface area contributed by atoms with Crippen molar-refractivity contribution in [2.24, 2.45) is 5.92 Å². The van der Waals surface area contributed by atoms with Crippen molar-refractivity contribution in [1.29, 1.82) is 0 Å². The Labute approximate surface area is 168 Å². The van der Waals surface area contributed by atoms with E-state index in [9.17, 15) is 4.79 Å². The van der Waals surface area contributed by atoms with Crippen molar-refractivity contribution in [3.63, 3.8) is 0 Å². The Morgan fingerprint density at radius 3 is 2.25 bits per heavy atom. The summed E-state index contributed by atoms with van der Waals surface area (Å²) in [5.41, 5.74) is 1.10. The molecule has 1 aromatic carbocycles. The first-order chi connectivity index (χ1) is 13.7. The van der Waals surface area contributed by atoms with Crippen molar-refractivity contribution in [2.75, 3.05) is 47.5 Å². The molecular weight excluding hydrogens is 356 g/mol. The van der Waals surface area contributed by atoms with Gasteiger partial charge in [-0.3, -0.25) is 4.79 Å². The first-order valence-corrected chi connectivity index (χ1v) is 10.6. The minimum atomic E-state index is 0.146. The average molecular weight is 392 g/mol. The Kier molecular flexibility index (Phi) is 7.43. The van der Waals surface area contributed by atoms with Gasteiger partial charge in [0, 0.05) is 19.2 Å². The highest BCUT2D eigenvalue weighted by Gasteiger charge is 2.32. The molecule has 2 fully saturated rings. The molecule has 0 aliphatic carbocycles. The average Bonchev–Trinajstić information content (AvgIpc) is 3.02. The van der Waals surface area contributed by atoms with Crippen LogP contribution in [0, 0.1) is 5.92 Å². The Hall–Kier alpha value is -1.95. The summed E-state index contributed by atoms with van der Waals surface area (Å²) in [6.45, 7) is 4.68. The normalized spacial score (nSPS) is 23.0. The van der Waals surface area contributed by atoms with Crippen molar-refractivity contribution >= 4 is 5.91 Å². The molecule has 156 valence electrons. The van der Waals surface area contributed by atoms with Gasteiger partial charge in [0.2, 0.25) is 5.91 Å². The van der Waals surface area contributed by atoms with Gasteiger partial charge in [-0.25, -0.2) is 0 Å². The van der Waals surface area contributed by atoms with Crippen molar-refractivity contribution in [3.05, 3.63) is 17.7 Å². The lowest BCUT2D eigenvalue weighted by atomic mass is 9.95. The molecule has 2 heterocycles. The maximum absolute atomic E-state index is 13.1. The fourth-order valence-corrected chi connectivity index (χ4v) is 4.57.